The van der Waals surface area contributed by atoms with Crippen LogP contribution in [0.4, 0.5) is 5.69 Å². The molecule has 1 rings (SSSR count). The maximum atomic E-state index is 12.0. The predicted octanol–water partition coefficient (Wildman–Crippen LogP) is 4.05. The van der Waals surface area contributed by atoms with Crippen molar-refractivity contribution < 1.29 is 4.79 Å². The van der Waals surface area contributed by atoms with Crippen molar-refractivity contribution in [2.45, 2.75) is 26.7 Å². The Labute approximate surface area is 128 Å². The van der Waals surface area contributed by atoms with E-state index >= 15 is 0 Å². The lowest BCUT2D eigenvalue weighted by molar-refractivity contribution is -0.117. The van der Waals surface area contributed by atoms with Crippen molar-refractivity contribution in [3.05, 3.63) is 27.7 Å². The maximum absolute atomic E-state index is 12.0. The van der Waals surface area contributed by atoms with E-state index in [-0.39, 0.29) is 11.8 Å². The van der Waals surface area contributed by atoms with Crippen molar-refractivity contribution in [3.63, 3.8) is 0 Å². The smallest absolute Gasteiger partial charge is 0.224 e. The molecule has 0 radical (unpaired) electrons. The maximum Gasteiger partial charge on any atom is 0.224 e. The molecule has 0 aromatic heterocycles. The number of halogens is 2. The monoisotopic (exact) mass is 346 g/mol. The van der Waals surface area contributed by atoms with Crippen molar-refractivity contribution in [3.8, 4) is 0 Å². The minimum Gasteiger partial charge on any atom is -0.330 e. The highest BCUT2D eigenvalue weighted by molar-refractivity contribution is 9.10. The molecule has 0 saturated carbocycles. The van der Waals surface area contributed by atoms with Crippen molar-refractivity contribution in [2.24, 2.45) is 17.6 Å². The molecule has 3 nitrogen and oxygen atoms in total. The zero-order valence-electron chi connectivity index (χ0n) is 11.2. The van der Waals surface area contributed by atoms with E-state index in [0.29, 0.717) is 29.6 Å². The highest BCUT2D eigenvalue weighted by Crippen LogP contribution is 2.26. The lowest BCUT2D eigenvalue weighted by atomic mass is 9.94. The van der Waals surface area contributed by atoms with Gasteiger partial charge in [0.1, 0.15) is 0 Å². The van der Waals surface area contributed by atoms with Crippen LogP contribution in [0.25, 0.3) is 0 Å². The van der Waals surface area contributed by atoms with Crippen LogP contribution >= 0.6 is 27.5 Å². The normalized spacial score (nSPS) is 12.5. The van der Waals surface area contributed by atoms with E-state index in [4.69, 9.17) is 17.3 Å². The van der Waals surface area contributed by atoms with Gasteiger partial charge in [-0.3, -0.25) is 4.79 Å². The van der Waals surface area contributed by atoms with Gasteiger partial charge in [0.15, 0.2) is 0 Å². The van der Waals surface area contributed by atoms with E-state index in [1.807, 2.05) is 6.07 Å². The molecule has 19 heavy (non-hydrogen) atoms. The van der Waals surface area contributed by atoms with Crippen LogP contribution < -0.4 is 11.1 Å². The molecule has 0 aliphatic rings. The Hall–Kier alpha value is -0.580. The number of hydrogen-bond acceptors (Lipinski definition) is 2. The van der Waals surface area contributed by atoms with Gasteiger partial charge in [0, 0.05) is 10.9 Å². The predicted molar refractivity (Wildman–Crippen MR) is 84.4 cm³/mol. The number of rotatable bonds is 6. The SMILES string of the molecule is CC(C)C[C@H](CN)CC(=O)Nc1ccc(Br)cc1Cl. The van der Waals surface area contributed by atoms with Crippen molar-refractivity contribution in [1.82, 2.24) is 0 Å². The highest BCUT2D eigenvalue weighted by atomic mass is 79.9. The van der Waals surface area contributed by atoms with E-state index in [2.05, 4.69) is 35.1 Å². The van der Waals surface area contributed by atoms with E-state index < -0.39 is 0 Å². The fourth-order valence-electron chi connectivity index (χ4n) is 1.98. The first-order valence-corrected chi connectivity index (χ1v) is 7.54. The van der Waals surface area contributed by atoms with Crippen molar-refractivity contribution in [1.29, 1.82) is 0 Å². The van der Waals surface area contributed by atoms with Crippen LogP contribution in [0.2, 0.25) is 5.02 Å². The number of anilines is 1. The summed E-state index contributed by atoms with van der Waals surface area (Å²) in [7, 11) is 0. The van der Waals surface area contributed by atoms with Crippen LogP contribution in [0.5, 0.6) is 0 Å². The number of nitrogens with one attached hydrogen (secondary N) is 1. The van der Waals surface area contributed by atoms with Gasteiger partial charge < -0.3 is 11.1 Å². The van der Waals surface area contributed by atoms with Crippen molar-refractivity contribution >= 4 is 39.1 Å². The quantitative estimate of drug-likeness (QED) is 0.815. The Kier molecular flexibility index (Phi) is 6.83. The molecule has 1 atom stereocenters. The minimum absolute atomic E-state index is 0.0414. The number of nitrogens with two attached hydrogens (primary N) is 1. The summed E-state index contributed by atoms with van der Waals surface area (Å²) in [5, 5.41) is 3.35. The number of carbonyl (C=O) groups excluding carboxylic acids is 1. The van der Waals surface area contributed by atoms with Crippen LogP contribution in [0, 0.1) is 11.8 Å². The van der Waals surface area contributed by atoms with E-state index in [1.54, 1.807) is 12.1 Å². The summed E-state index contributed by atoms with van der Waals surface area (Å²) in [6.45, 7) is 4.79. The Morgan fingerprint density at radius 3 is 2.68 bits per heavy atom. The van der Waals surface area contributed by atoms with Crippen LogP contribution in [0.1, 0.15) is 26.7 Å². The standard InChI is InChI=1S/C14H20BrClN2O/c1-9(2)5-10(8-17)6-14(19)18-13-4-3-11(15)7-12(13)16/h3-4,7,9-10H,5-6,8,17H2,1-2H3,(H,18,19)/t10-/m0/s1. The largest absolute Gasteiger partial charge is 0.330 e. The molecule has 5 heteroatoms. The summed E-state index contributed by atoms with van der Waals surface area (Å²) >= 11 is 9.39. The average molecular weight is 348 g/mol. The highest BCUT2D eigenvalue weighted by Gasteiger charge is 2.15. The van der Waals surface area contributed by atoms with Crippen molar-refractivity contribution in [2.75, 3.05) is 11.9 Å². The Balaban J connectivity index is 2.59. The van der Waals surface area contributed by atoms with Gasteiger partial charge in [0.25, 0.3) is 0 Å². The first kappa shape index (κ1) is 16.5. The molecule has 1 aromatic rings. The van der Waals surface area contributed by atoms with Crippen LogP contribution in [0.15, 0.2) is 22.7 Å². The van der Waals surface area contributed by atoms with Crippen LogP contribution in [-0.4, -0.2) is 12.5 Å². The summed E-state index contributed by atoms with van der Waals surface area (Å²) in [6.07, 6.45) is 1.39. The number of hydrogen-bond donors (Lipinski definition) is 2. The molecule has 3 N–H and O–H groups in total. The van der Waals surface area contributed by atoms with Gasteiger partial charge in [-0.05, 0) is 43.0 Å². The second-order valence-corrected chi connectivity index (χ2v) is 6.43. The second-order valence-electron chi connectivity index (χ2n) is 5.11. The first-order valence-electron chi connectivity index (χ1n) is 6.37. The molecule has 106 valence electrons. The van der Waals surface area contributed by atoms with Gasteiger partial charge in [-0.15, -0.1) is 0 Å². The zero-order chi connectivity index (χ0) is 14.4. The Morgan fingerprint density at radius 2 is 2.16 bits per heavy atom. The third kappa shape index (κ3) is 5.93. The topological polar surface area (TPSA) is 55.1 Å². The zero-order valence-corrected chi connectivity index (χ0v) is 13.6. The molecule has 0 fully saturated rings. The molecule has 0 spiro atoms. The second kappa shape index (κ2) is 7.88. The molecule has 0 heterocycles. The summed E-state index contributed by atoms with van der Waals surface area (Å²) in [5.74, 6) is 0.715. The number of amides is 1. The van der Waals surface area contributed by atoms with Gasteiger partial charge in [0.2, 0.25) is 5.91 Å². The lowest BCUT2D eigenvalue weighted by Gasteiger charge is -2.17. The summed E-state index contributed by atoms with van der Waals surface area (Å²) in [4.78, 5) is 12.0. The third-order valence-electron chi connectivity index (χ3n) is 2.82. The molecule has 0 saturated heterocycles. The minimum atomic E-state index is -0.0414. The molecular formula is C14H20BrClN2O. The van der Waals surface area contributed by atoms with E-state index in [0.717, 1.165) is 10.9 Å². The molecule has 1 aromatic carbocycles. The van der Waals surface area contributed by atoms with Gasteiger partial charge in [-0.25, -0.2) is 0 Å². The number of carbonyl (C=O) groups is 1. The molecule has 1 amide bonds. The molecular weight excluding hydrogens is 328 g/mol. The lowest BCUT2D eigenvalue weighted by Crippen LogP contribution is -2.23. The molecule has 0 aliphatic carbocycles. The Morgan fingerprint density at radius 1 is 1.47 bits per heavy atom. The molecule has 0 aliphatic heterocycles. The van der Waals surface area contributed by atoms with Crippen LogP contribution in [0.3, 0.4) is 0 Å². The number of benzene rings is 1. The van der Waals surface area contributed by atoms with Gasteiger partial charge >= 0.3 is 0 Å². The summed E-state index contributed by atoms with van der Waals surface area (Å²) in [6, 6.07) is 5.38. The summed E-state index contributed by atoms with van der Waals surface area (Å²) < 4.78 is 0.884. The summed E-state index contributed by atoms with van der Waals surface area (Å²) in [5.41, 5.74) is 6.33. The average Bonchev–Trinajstić information content (AvgIpc) is 2.31. The third-order valence-corrected chi connectivity index (χ3v) is 3.62. The van der Waals surface area contributed by atoms with E-state index in [9.17, 15) is 4.79 Å². The molecule has 0 bridgehead atoms. The van der Waals surface area contributed by atoms with Gasteiger partial charge in [-0.1, -0.05) is 41.4 Å². The van der Waals surface area contributed by atoms with E-state index in [1.165, 1.54) is 0 Å². The first-order chi connectivity index (χ1) is 8.92. The van der Waals surface area contributed by atoms with Gasteiger partial charge in [0.05, 0.1) is 10.7 Å². The fourth-order valence-corrected chi connectivity index (χ4v) is 2.70. The van der Waals surface area contributed by atoms with Crippen LogP contribution in [-0.2, 0) is 4.79 Å². The Bertz CT molecular complexity index is 437. The van der Waals surface area contributed by atoms with Gasteiger partial charge in [-0.2, -0.15) is 0 Å². The fraction of sp³-hybridized carbons (Fsp3) is 0.500. The molecule has 0 unspecified atom stereocenters.